The molecule has 1 fully saturated rings. The van der Waals surface area contributed by atoms with Crippen molar-refractivity contribution < 1.29 is 24.2 Å². The van der Waals surface area contributed by atoms with Crippen molar-refractivity contribution >= 4 is 57.7 Å². The van der Waals surface area contributed by atoms with Gasteiger partial charge in [-0.2, -0.15) is 0 Å². The van der Waals surface area contributed by atoms with Gasteiger partial charge in [0.1, 0.15) is 18.0 Å². The first-order valence-corrected chi connectivity index (χ1v) is 9.54. The zero-order chi connectivity index (χ0) is 21.6. The van der Waals surface area contributed by atoms with Gasteiger partial charge in [-0.3, -0.25) is 4.79 Å². The lowest BCUT2D eigenvalue weighted by molar-refractivity contribution is -0.116. The van der Waals surface area contributed by atoms with E-state index in [1.807, 2.05) is 0 Å². The number of benzene rings is 2. The number of carbonyl (C=O) groups is 3. The third-order valence-corrected chi connectivity index (χ3v) is 5.37. The molecular weight excluding hydrogens is 433 g/mol. The predicted octanol–water partition coefficient (Wildman–Crippen LogP) is 4.15. The predicted molar refractivity (Wildman–Crippen MR) is 112 cm³/mol. The molecule has 0 atom stereocenters. The Hall–Kier alpha value is -3.23. The maximum absolute atomic E-state index is 12.9. The molecule has 30 heavy (non-hydrogen) atoms. The lowest BCUT2D eigenvalue weighted by atomic mass is 10.1. The lowest BCUT2D eigenvalue weighted by Gasteiger charge is -2.17. The SMILES string of the molecule is COc1ccc(N2C(=O)CN(Cc3c(C(=O)O)[nH]c4cc(Cl)cc(Cl)c34)C2=O)cc1. The van der Waals surface area contributed by atoms with Crippen LogP contribution >= 0.6 is 23.2 Å². The second kappa shape index (κ2) is 7.55. The number of fused-ring (bicyclic) bond motifs is 1. The van der Waals surface area contributed by atoms with E-state index in [2.05, 4.69) is 4.98 Å². The number of amides is 3. The third kappa shape index (κ3) is 3.34. The van der Waals surface area contributed by atoms with E-state index in [1.54, 1.807) is 30.3 Å². The molecule has 10 heteroatoms. The molecule has 2 aromatic carbocycles. The number of H-pyrrole nitrogens is 1. The number of carboxylic acids is 1. The van der Waals surface area contributed by atoms with E-state index in [1.165, 1.54) is 18.1 Å². The molecule has 3 aromatic rings. The van der Waals surface area contributed by atoms with Crippen molar-refractivity contribution in [2.75, 3.05) is 18.6 Å². The molecule has 0 aliphatic carbocycles. The normalized spacial score (nSPS) is 14.1. The van der Waals surface area contributed by atoms with Crippen LogP contribution in [0.4, 0.5) is 10.5 Å². The van der Waals surface area contributed by atoms with Crippen molar-refractivity contribution in [2.45, 2.75) is 6.54 Å². The van der Waals surface area contributed by atoms with E-state index in [4.69, 9.17) is 27.9 Å². The van der Waals surface area contributed by atoms with Crippen LogP contribution in [-0.2, 0) is 11.3 Å². The molecule has 0 unspecified atom stereocenters. The van der Waals surface area contributed by atoms with Gasteiger partial charge in [0, 0.05) is 21.5 Å². The fourth-order valence-electron chi connectivity index (χ4n) is 3.50. The van der Waals surface area contributed by atoms with Gasteiger partial charge in [0.25, 0.3) is 5.91 Å². The number of aromatic nitrogens is 1. The third-order valence-electron chi connectivity index (χ3n) is 4.85. The Morgan fingerprint density at radius 3 is 2.53 bits per heavy atom. The molecule has 2 N–H and O–H groups in total. The zero-order valence-electron chi connectivity index (χ0n) is 15.6. The maximum Gasteiger partial charge on any atom is 0.352 e. The van der Waals surface area contributed by atoms with Gasteiger partial charge < -0.3 is 19.7 Å². The number of methoxy groups -OCH3 is 1. The summed E-state index contributed by atoms with van der Waals surface area (Å²) in [6.07, 6.45) is 0. The summed E-state index contributed by atoms with van der Waals surface area (Å²) in [5.41, 5.74) is 1.02. The molecule has 4 rings (SSSR count). The summed E-state index contributed by atoms with van der Waals surface area (Å²) in [6.45, 7) is -0.304. The second-order valence-corrected chi connectivity index (χ2v) is 7.50. The number of anilines is 1. The van der Waals surface area contributed by atoms with Crippen LogP contribution in [0.3, 0.4) is 0 Å². The van der Waals surface area contributed by atoms with Gasteiger partial charge >= 0.3 is 12.0 Å². The largest absolute Gasteiger partial charge is 0.497 e. The summed E-state index contributed by atoms with van der Waals surface area (Å²) >= 11 is 12.3. The van der Waals surface area contributed by atoms with Crippen LogP contribution in [-0.4, -0.2) is 46.6 Å². The molecule has 154 valence electrons. The molecule has 0 saturated carbocycles. The Morgan fingerprint density at radius 1 is 1.20 bits per heavy atom. The Bertz CT molecular complexity index is 1190. The topological polar surface area (TPSA) is 103 Å². The Morgan fingerprint density at radius 2 is 1.90 bits per heavy atom. The summed E-state index contributed by atoms with van der Waals surface area (Å²) in [4.78, 5) is 42.3. The number of imide groups is 1. The van der Waals surface area contributed by atoms with Crippen LogP contribution in [0.15, 0.2) is 36.4 Å². The van der Waals surface area contributed by atoms with Gasteiger partial charge in [0.2, 0.25) is 0 Å². The van der Waals surface area contributed by atoms with Gasteiger partial charge in [-0.1, -0.05) is 23.2 Å². The summed E-state index contributed by atoms with van der Waals surface area (Å²) in [6, 6.07) is 8.99. The van der Waals surface area contributed by atoms with Crippen LogP contribution in [0, 0.1) is 0 Å². The average Bonchev–Trinajstić information content (AvgIpc) is 3.19. The van der Waals surface area contributed by atoms with Crippen LogP contribution < -0.4 is 9.64 Å². The van der Waals surface area contributed by atoms with Gasteiger partial charge in [0.15, 0.2) is 0 Å². The summed E-state index contributed by atoms with van der Waals surface area (Å²) < 4.78 is 5.09. The summed E-state index contributed by atoms with van der Waals surface area (Å²) in [5, 5.41) is 10.6. The molecule has 3 amide bonds. The van der Waals surface area contributed by atoms with Crippen molar-refractivity contribution in [3.8, 4) is 5.75 Å². The monoisotopic (exact) mass is 447 g/mol. The van der Waals surface area contributed by atoms with Crippen molar-refractivity contribution in [3.05, 3.63) is 57.7 Å². The molecular formula is C20H15Cl2N3O5. The fraction of sp³-hybridized carbons (Fsp3) is 0.150. The van der Waals surface area contributed by atoms with Crippen molar-refractivity contribution in [1.82, 2.24) is 9.88 Å². The number of ether oxygens (including phenoxy) is 1. The van der Waals surface area contributed by atoms with Gasteiger partial charge in [-0.25, -0.2) is 14.5 Å². The molecule has 0 radical (unpaired) electrons. The summed E-state index contributed by atoms with van der Waals surface area (Å²) in [5.74, 6) is -1.04. The smallest absolute Gasteiger partial charge is 0.352 e. The molecule has 1 aromatic heterocycles. The van der Waals surface area contributed by atoms with E-state index in [9.17, 15) is 19.5 Å². The second-order valence-electron chi connectivity index (χ2n) is 6.66. The average molecular weight is 448 g/mol. The minimum atomic E-state index is -1.21. The lowest BCUT2D eigenvalue weighted by Crippen LogP contribution is -2.33. The van der Waals surface area contributed by atoms with Crippen LogP contribution in [0.2, 0.25) is 10.0 Å². The number of aromatic amines is 1. The number of hydrogen-bond acceptors (Lipinski definition) is 4. The van der Waals surface area contributed by atoms with E-state index in [0.717, 1.165) is 4.90 Å². The first-order valence-electron chi connectivity index (χ1n) is 8.79. The fourth-order valence-corrected chi connectivity index (χ4v) is 4.11. The first-order chi connectivity index (χ1) is 14.3. The number of nitrogens with one attached hydrogen (secondary N) is 1. The van der Waals surface area contributed by atoms with E-state index >= 15 is 0 Å². The van der Waals surface area contributed by atoms with Crippen LogP contribution in [0.1, 0.15) is 16.1 Å². The van der Waals surface area contributed by atoms with Crippen molar-refractivity contribution in [1.29, 1.82) is 0 Å². The first kappa shape index (κ1) is 20.1. The van der Waals surface area contributed by atoms with Gasteiger partial charge in [-0.15, -0.1) is 0 Å². The molecule has 0 spiro atoms. The number of urea groups is 1. The van der Waals surface area contributed by atoms with Crippen LogP contribution in [0.25, 0.3) is 10.9 Å². The summed E-state index contributed by atoms with van der Waals surface area (Å²) in [7, 11) is 1.52. The molecule has 2 heterocycles. The molecule has 1 aliphatic rings. The number of halogens is 2. The van der Waals surface area contributed by atoms with Gasteiger partial charge in [0.05, 0.1) is 24.4 Å². The molecule has 8 nitrogen and oxygen atoms in total. The van der Waals surface area contributed by atoms with E-state index in [-0.39, 0.29) is 23.8 Å². The molecule has 1 aliphatic heterocycles. The standard InChI is InChI=1S/C20H15Cl2N3O5/c1-30-12-4-2-11(3-5-12)25-16(26)9-24(20(25)29)8-13-17-14(22)6-10(21)7-15(17)23-18(13)19(27)28/h2-7,23H,8-9H2,1H3,(H,27,28). The Labute approximate surface area is 180 Å². The number of nitrogens with zero attached hydrogens (tertiary/aromatic N) is 2. The van der Waals surface area contributed by atoms with Crippen LogP contribution in [0.5, 0.6) is 5.75 Å². The van der Waals surface area contributed by atoms with Crippen molar-refractivity contribution in [3.63, 3.8) is 0 Å². The number of hydrogen-bond donors (Lipinski definition) is 2. The highest BCUT2D eigenvalue weighted by molar-refractivity contribution is 6.39. The van der Waals surface area contributed by atoms with Gasteiger partial charge in [-0.05, 0) is 36.4 Å². The number of rotatable bonds is 5. The Kier molecular flexibility index (Phi) is 5.05. The number of carboxylic acid groups (broad SMARTS) is 1. The number of carbonyl (C=O) groups excluding carboxylic acids is 2. The zero-order valence-corrected chi connectivity index (χ0v) is 17.1. The molecule has 0 bridgehead atoms. The van der Waals surface area contributed by atoms with E-state index < -0.39 is 17.9 Å². The van der Waals surface area contributed by atoms with Crippen molar-refractivity contribution in [2.24, 2.45) is 0 Å². The highest BCUT2D eigenvalue weighted by Gasteiger charge is 2.38. The quantitative estimate of drug-likeness (QED) is 0.571. The highest BCUT2D eigenvalue weighted by atomic mass is 35.5. The highest BCUT2D eigenvalue weighted by Crippen LogP contribution is 2.34. The maximum atomic E-state index is 12.9. The number of aromatic carboxylic acids is 1. The Balaban J connectivity index is 1.70. The van der Waals surface area contributed by atoms with E-state index in [0.29, 0.717) is 32.9 Å². The molecule has 1 saturated heterocycles. The minimum absolute atomic E-state index is 0.111. The minimum Gasteiger partial charge on any atom is -0.497 e.